The molecule has 3 rings (SSSR count). The lowest BCUT2D eigenvalue weighted by molar-refractivity contribution is -0.255. The quantitative estimate of drug-likeness (QED) is 0.710. The maximum Gasteiger partial charge on any atom is 0.243 e. The van der Waals surface area contributed by atoms with Gasteiger partial charge in [-0.25, -0.2) is 8.42 Å². The molecule has 0 radical (unpaired) electrons. The zero-order chi connectivity index (χ0) is 20.1. The highest BCUT2D eigenvalue weighted by molar-refractivity contribution is 7.89. The van der Waals surface area contributed by atoms with Crippen molar-refractivity contribution in [1.82, 2.24) is 9.21 Å². The Kier molecular flexibility index (Phi) is 6.72. The third-order valence-electron chi connectivity index (χ3n) is 5.68. The number of benzene rings is 1. The Bertz CT molecular complexity index is 794. The number of rotatable bonds is 6. The van der Waals surface area contributed by atoms with Gasteiger partial charge in [-0.15, -0.1) is 0 Å². The third kappa shape index (κ3) is 4.72. The van der Waals surface area contributed by atoms with Gasteiger partial charge < -0.3 is 14.8 Å². The molecule has 1 aliphatic heterocycles. The van der Waals surface area contributed by atoms with Gasteiger partial charge in [-0.05, 0) is 49.8 Å². The first-order valence-corrected chi connectivity index (χ1v) is 11.4. The summed E-state index contributed by atoms with van der Waals surface area (Å²) in [6, 6.07) is 4.82. The molecule has 8 heteroatoms. The van der Waals surface area contributed by atoms with Crippen LogP contribution in [0.2, 0.25) is 0 Å². The molecule has 1 aliphatic carbocycles. The standard InChI is InChI=1S/C20H28N2O5S/c23-19(21-13-5-2-6-14-21)15-22(17-7-3-1-4-8-17)28(26,27)18-11-9-16(10-12-18)20(24)25/h9-12,17H,1-8,13-15H2,(H,24,25)/p-1. The second-order valence-corrected chi connectivity index (χ2v) is 9.49. The summed E-state index contributed by atoms with van der Waals surface area (Å²) in [5.74, 6) is -1.51. The molecule has 2 fully saturated rings. The monoisotopic (exact) mass is 407 g/mol. The Morgan fingerprint density at radius 1 is 0.964 bits per heavy atom. The highest BCUT2D eigenvalue weighted by Gasteiger charge is 2.35. The fourth-order valence-corrected chi connectivity index (χ4v) is 5.69. The fourth-order valence-electron chi connectivity index (χ4n) is 4.05. The summed E-state index contributed by atoms with van der Waals surface area (Å²) >= 11 is 0. The van der Waals surface area contributed by atoms with Crippen molar-refractivity contribution >= 4 is 21.9 Å². The van der Waals surface area contributed by atoms with Crippen LogP contribution in [-0.2, 0) is 14.8 Å². The molecular weight excluding hydrogens is 380 g/mol. The number of piperidine rings is 1. The molecule has 28 heavy (non-hydrogen) atoms. The first kappa shape index (κ1) is 20.8. The van der Waals surface area contributed by atoms with Crippen LogP contribution in [0, 0.1) is 0 Å². The van der Waals surface area contributed by atoms with E-state index in [4.69, 9.17) is 0 Å². The Labute approximate surface area is 166 Å². The third-order valence-corrected chi connectivity index (χ3v) is 7.59. The number of likely N-dealkylation sites (tertiary alicyclic amines) is 1. The van der Waals surface area contributed by atoms with Crippen molar-refractivity contribution in [2.75, 3.05) is 19.6 Å². The first-order chi connectivity index (χ1) is 13.4. The second-order valence-electron chi connectivity index (χ2n) is 7.60. The average molecular weight is 408 g/mol. The van der Waals surface area contributed by atoms with Crippen molar-refractivity contribution in [3.8, 4) is 0 Å². The highest BCUT2D eigenvalue weighted by atomic mass is 32.2. The number of hydrogen-bond donors (Lipinski definition) is 0. The van der Waals surface area contributed by atoms with Crippen molar-refractivity contribution in [3.63, 3.8) is 0 Å². The van der Waals surface area contributed by atoms with Crippen molar-refractivity contribution in [2.45, 2.75) is 62.3 Å². The highest BCUT2D eigenvalue weighted by Crippen LogP contribution is 2.28. The van der Waals surface area contributed by atoms with Gasteiger partial charge >= 0.3 is 0 Å². The molecule has 1 aromatic carbocycles. The molecular formula is C20H27N2O5S-. The SMILES string of the molecule is O=C([O-])c1ccc(S(=O)(=O)N(CC(=O)N2CCCCC2)C2CCCCC2)cc1. The van der Waals surface area contributed by atoms with Gasteiger partial charge in [0.25, 0.3) is 0 Å². The molecule has 0 atom stereocenters. The van der Waals surface area contributed by atoms with Crippen LogP contribution in [0.25, 0.3) is 0 Å². The van der Waals surface area contributed by atoms with E-state index in [1.54, 1.807) is 4.90 Å². The van der Waals surface area contributed by atoms with Crippen LogP contribution in [0.5, 0.6) is 0 Å². The van der Waals surface area contributed by atoms with Gasteiger partial charge in [0, 0.05) is 19.1 Å². The number of carboxylic acid groups (broad SMARTS) is 1. The summed E-state index contributed by atoms with van der Waals surface area (Å²) < 4.78 is 28.0. The number of nitrogens with zero attached hydrogens (tertiary/aromatic N) is 2. The largest absolute Gasteiger partial charge is 0.545 e. The topological polar surface area (TPSA) is 97.8 Å². The number of hydrogen-bond acceptors (Lipinski definition) is 5. The van der Waals surface area contributed by atoms with Crippen molar-refractivity contribution in [1.29, 1.82) is 0 Å². The van der Waals surface area contributed by atoms with E-state index in [2.05, 4.69) is 0 Å². The minimum Gasteiger partial charge on any atom is -0.545 e. The van der Waals surface area contributed by atoms with E-state index in [-0.39, 0.29) is 29.0 Å². The fraction of sp³-hybridized carbons (Fsp3) is 0.600. The Balaban J connectivity index is 1.85. The lowest BCUT2D eigenvalue weighted by Crippen LogP contribution is -2.49. The number of carbonyl (C=O) groups is 2. The van der Waals surface area contributed by atoms with E-state index in [1.807, 2.05) is 0 Å². The number of amides is 1. The van der Waals surface area contributed by atoms with Crippen LogP contribution in [0.1, 0.15) is 61.7 Å². The second kappa shape index (κ2) is 9.05. The molecule has 7 nitrogen and oxygen atoms in total. The number of aromatic carboxylic acids is 1. The van der Waals surface area contributed by atoms with Gasteiger partial charge in [-0.3, -0.25) is 4.79 Å². The Morgan fingerprint density at radius 3 is 2.11 bits per heavy atom. The minimum absolute atomic E-state index is 0.00881. The maximum absolute atomic E-state index is 13.3. The average Bonchev–Trinajstić information content (AvgIpc) is 2.73. The van der Waals surface area contributed by atoms with Gasteiger partial charge in [0.1, 0.15) is 0 Å². The van der Waals surface area contributed by atoms with E-state index < -0.39 is 16.0 Å². The zero-order valence-electron chi connectivity index (χ0n) is 16.0. The molecule has 1 saturated carbocycles. The van der Waals surface area contributed by atoms with Gasteiger partial charge in [0.15, 0.2) is 0 Å². The molecule has 0 aromatic heterocycles. The van der Waals surface area contributed by atoms with Gasteiger partial charge in [0.2, 0.25) is 15.9 Å². The van der Waals surface area contributed by atoms with Crippen LogP contribution in [0.15, 0.2) is 29.2 Å². The van der Waals surface area contributed by atoms with E-state index in [1.165, 1.54) is 28.6 Å². The van der Waals surface area contributed by atoms with E-state index in [0.717, 1.165) is 51.4 Å². The number of carbonyl (C=O) groups excluding carboxylic acids is 2. The predicted molar refractivity (Wildman–Crippen MR) is 102 cm³/mol. The molecule has 1 aromatic rings. The molecule has 1 saturated heterocycles. The van der Waals surface area contributed by atoms with Crippen LogP contribution in [0.4, 0.5) is 0 Å². The van der Waals surface area contributed by atoms with Crippen molar-refractivity contribution < 1.29 is 23.1 Å². The molecule has 0 N–H and O–H groups in total. The first-order valence-electron chi connectivity index (χ1n) is 10.0. The van der Waals surface area contributed by atoms with E-state index in [9.17, 15) is 23.1 Å². The summed E-state index contributed by atoms with van der Waals surface area (Å²) in [5, 5.41) is 10.9. The van der Waals surface area contributed by atoms with Gasteiger partial charge in [-0.1, -0.05) is 31.4 Å². The van der Waals surface area contributed by atoms with Crippen molar-refractivity contribution in [3.05, 3.63) is 29.8 Å². The maximum atomic E-state index is 13.3. The Morgan fingerprint density at radius 2 is 1.54 bits per heavy atom. The molecule has 0 unspecified atom stereocenters. The number of carboxylic acids is 1. The summed E-state index contributed by atoms with van der Waals surface area (Å²) in [7, 11) is -3.90. The lowest BCUT2D eigenvalue weighted by atomic mass is 9.95. The molecule has 2 aliphatic rings. The van der Waals surface area contributed by atoms with E-state index in [0.29, 0.717) is 13.1 Å². The normalized spacial score (nSPS) is 19.0. The van der Waals surface area contributed by atoms with Gasteiger partial charge in [-0.2, -0.15) is 4.31 Å². The predicted octanol–water partition coefficient (Wildman–Crippen LogP) is 1.39. The summed E-state index contributed by atoms with van der Waals surface area (Å²) in [4.78, 5) is 25.5. The van der Waals surface area contributed by atoms with Crippen LogP contribution >= 0.6 is 0 Å². The zero-order valence-corrected chi connectivity index (χ0v) is 16.8. The molecule has 1 amide bonds. The minimum atomic E-state index is -3.90. The lowest BCUT2D eigenvalue weighted by Gasteiger charge is -2.35. The van der Waals surface area contributed by atoms with Crippen LogP contribution in [0.3, 0.4) is 0 Å². The Hall–Kier alpha value is -1.93. The molecule has 1 heterocycles. The van der Waals surface area contributed by atoms with Gasteiger partial charge in [0.05, 0.1) is 17.4 Å². The smallest absolute Gasteiger partial charge is 0.243 e. The molecule has 0 spiro atoms. The van der Waals surface area contributed by atoms with Crippen LogP contribution < -0.4 is 5.11 Å². The van der Waals surface area contributed by atoms with Crippen molar-refractivity contribution in [2.24, 2.45) is 0 Å². The van der Waals surface area contributed by atoms with E-state index >= 15 is 0 Å². The molecule has 0 bridgehead atoms. The summed E-state index contributed by atoms with van der Waals surface area (Å²) in [5.41, 5.74) is -0.0763. The number of sulfonamides is 1. The van der Waals surface area contributed by atoms with Crippen LogP contribution in [-0.4, -0.2) is 55.2 Å². The summed E-state index contributed by atoms with van der Waals surface area (Å²) in [6.45, 7) is 1.20. The summed E-state index contributed by atoms with van der Waals surface area (Å²) in [6.07, 6.45) is 7.44. The molecule has 154 valence electrons.